The molecule has 2 N–H and O–H groups in total. The highest BCUT2D eigenvalue weighted by Crippen LogP contribution is 2.24. The van der Waals surface area contributed by atoms with Crippen molar-refractivity contribution in [3.8, 4) is 0 Å². The molecule has 26 heavy (non-hydrogen) atoms. The number of nitrogens with one attached hydrogen (secondary N) is 2. The van der Waals surface area contributed by atoms with Gasteiger partial charge in [0, 0.05) is 25.7 Å². The van der Waals surface area contributed by atoms with E-state index in [4.69, 9.17) is 0 Å². The number of aryl methyl sites for hydroxylation is 1. The second-order valence-electron chi connectivity index (χ2n) is 7.05. The molecule has 1 aromatic carbocycles. The Bertz CT molecular complexity index is 703. The van der Waals surface area contributed by atoms with Crippen molar-refractivity contribution in [2.75, 3.05) is 26.2 Å². The predicted molar refractivity (Wildman–Crippen MR) is 104 cm³/mol. The largest absolute Gasteiger partial charge is 0.354 e. The topological polar surface area (TPSA) is 78.5 Å². The summed E-state index contributed by atoms with van der Waals surface area (Å²) in [6, 6.07) is 7.23. The third-order valence-corrected chi connectivity index (χ3v) is 6.98. The van der Waals surface area contributed by atoms with E-state index in [2.05, 4.69) is 10.6 Å². The summed E-state index contributed by atoms with van der Waals surface area (Å²) >= 11 is 0. The number of rotatable bonds is 5. The third-order valence-electron chi connectivity index (χ3n) is 5.10. The van der Waals surface area contributed by atoms with Crippen molar-refractivity contribution in [2.24, 2.45) is 5.92 Å². The number of hydrogen-bond donors (Lipinski definition) is 2. The van der Waals surface area contributed by atoms with Gasteiger partial charge in [-0.05, 0) is 51.3 Å². The minimum absolute atomic E-state index is 0. The van der Waals surface area contributed by atoms with Crippen LogP contribution in [0.3, 0.4) is 0 Å². The van der Waals surface area contributed by atoms with E-state index in [1.54, 1.807) is 24.3 Å². The van der Waals surface area contributed by atoms with E-state index < -0.39 is 10.0 Å². The zero-order chi connectivity index (χ0) is 17.9. The summed E-state index contributed by atoms with van der Waals surface area (Å²) < 4.78 is 27.1. The van der Waals surface area contributed by atoms with Crippen LogP contribution in [0.5, 0.6) is 0 Å². The lowest BCUT2D eigenvalue weighted by Gasteiger charge is -2.31. The molecule has 6 nitrogen and oxygen atoms in total. The summed E-state index contributed by atoms with van der Waals surface area (Å²) in [5, 5.41) is 6.34. The Hall–Kier alpha value is -1.15. The Labute approximate surface area is 162 Å². The SMILES string of the molecule is Cc1ccc(S(=O)(=O)N2CCCC(C(=O)NCC3CCCN3)C2)cc1.Cl. The molecule has 2 atom stereocenters. The van der Waals surface area contributed by atoms with Crippen LogP contribution in [-0.2, 0) is 14.8 Å². The number of carbonyl (C=O) groups is 1. The summed E-state index contributed by atoms with van der Waals surface area (Å²) in [5.74, 6) is -0.298. The van der Waals surface area contributed by atoms with Crippen molar-refractivity contribution >= 4 is 28.3 Å². The summed E-state index contributed by atoms with van der Waals surface area (Å²) in [4.78, 5) is 12.7. The lowest BCUT2D eigenvalue weighted by molar-refractivity contribution is -0.126. The average molecular weight is 402 g/mol. The summed E-state index contributed by atoms with van der Waals surface area (Å²) in [7, 11) is -3.53. The molecule has 2 unspecified atom stereocenters. The molecule has 0 spiro atoms. The zero-order valence-corrected chi connectivity index (χ0v) is 16.7. The van der Waals surface area contributed by atoms with E-state index in [1.807, 2.05) is 6.92 Å². The molecular formula is C18H28ClN3O3S. The fourth-order valence-electron chi connectivity index (χ4n) is 3.53. The second kappa shape index (κ2) is 9.17. The van der Waals surface area contributed by atoms with Crippen molar-refractivity contribution in [1.82, 2.24) is 14.9 Å². The molecule has 3 rings (SSSR count). The first-order chi connectivity index (χ1) is 12.0. The molecule has 2 heterocycles. The molecule has 146 valence electrons. The summed E-state index contributed by atoms with van der Waals surface area (Å²) in [5.41, 5.74) is 1.02. The number of nitrogens with zero attached hydrogens (tertiary/aromatic N) is 1. The molecule has 2 aliphatic heterocycles. The minimum atomic E-state index is -3.53. The molecule has 1 amide bonds. The monoisotopic (exact) mass is 401 g/mol. The summed E-state index contributed by atoms with van der Waals surface area (Å²) in [6.07, 6.45) is 3.68. The lowest BCUT2D eigenvalue weighted by Crippen LogP contribution is -2.47. The highest BCUT2D eigenvalue weighted by atomic mass is 35.5. The van der Waals surface area contributed by atoms with Crippen LogP contribution in [0.25, 0.3) is 0 Å². The van der Waals surface area contributed by atoms with Gasteiger partial charge in [0.15, 0.2) is 0 Å². The molecule has 2 fully saturated rings. The zero-order valence-electron chi connectivity index (χ0n) is 15.1. The van der Waals surface area contributed by atoms with Gasteiger partial charge >= 0.3 is 0 Å². The second-order valence-corrected chi connectivity index (χ2v) is 8.99. The Morgan fingerprint density at radius 2 is 1.96 bits per heavy atom. The van der Waals surface area contributed by atoms with Crippen molar-refractivity contribution in [2.45, 2.75) is 43.5 Å². The number of carbonyl (C=O) groups excluding carboxylic acids is 1. The van der Waals surface area contributed by atoms with Gasteiger partial charge in [-0.15, -0.1) is 12.4 Å². The van der Waals surface area contributed by atoms with E-state index in [1.165, 1.54) is 4.31 Å². The van der Waals surface area contributed by atoms with Crippen molar-refractivity contribution in [3.63, 3.8) is 0 Å². The van der Waals surface area contributed by atoms with Gasteiger partial charge in [-0.25, -0.2) is 8.42 Å². The van der Waals surface area contributed by atoms with Gasteiger partial charge in [0.1, 0.15) is 0 Å². The quantitative estimate of drug-likeness (QED) is 0.786. The van der Waals surface area contributed by atoms with Crippen molar-refractivity contribution < 1.29 is 13.2 Å². The predicted octanol–water partition coefficient (Wildman–Crippen LogP) is 1.69. The normalized spacial score (nSPS) is 24.0. The van der Waals surface area contributed by atoms with E-state index in [9.17, 15) is 13.2 Å². The average Bonchev–Trinajstić information content (AvgIpc) is 3.14. The summed E-state index contributed by atoms with van der Waals surface area (Å²) in [6.45, 7) is 4.30. The van der Waals surface area contributed by atoms with Crippen LogP contribution in [0.2, 0.25) is 0 Å². The molecular weight excluding hydrogens is 374 g/mol. The number of sulfonamides is 1. The highest BCUT2D eigenvalue weighted by Gasteiger charge is 2.33. The lowest BCUT2D eigenvalue weighted by atomic mass is 9.98. The molecule has 1 aromatic rings. The number of halogens is 1. The molecule has 8 heteroatoms. The Balaban J connectivity index is 0.00000243. The first-order valence-electron chi connectivity index (χ1n) is 9.05. The van der Waals surface area contributed by atoms with Gasteiger partial charge < -0.3 is 10.6 Å². The molecule has 2 aliphatic rings. The Morgan fingerprint density at radius 3 is 2.62 bits per heavy atom. The van der Waals surface area contributed by atoms with Gasteiger partial charge in [0.2, 0.25) is 15.9 Å². The fraction of sp³-hybridized carbons (Fsp3) is 0.611. The van der Waals surface area contributed by atoms with Crippen LogP contribution in [0.1, 0.15) is 31.2 Å². The molecule has 2 saturated heterocycles. The number of hydrogen-bond acceptors (Lipinski definition) is 4. The minimum Gasteiger partial charge on any atom is -0.354 e. The molecule has 0 saturated carbocycles. The molecule has 0 aliphatic carbocycles. The molecule has 0 radical (unpaired) electrons. The van der Waals surface area contributed by atoms with Gasteiger partial charge in [-0.2, -0.15) is 4.31 Å². The third kappa shape index (κ3) is 4.97. The van der Waals surface area contributed by atoms with Crippen LogP contribution < -0.4 is 10.6 Å². The maximum atomic E-state index is 12.8. The molecule has 0 aromatic heterocycles. The smallest absolute Gasteiger partial charge is 0.243 e. The van der Waals surface area contributed by atoms with Crippen LogP contribution in [0.4, 0.5) is 0 Å². The first kappa shape index (κ1) is 21.2. The van der Waals surface area contributed by atoms with Gasteiger partial charge in [-0.3, -0.25) is 4.79 Å². The van der Waals surface area contributed by atoms with E-state index in [-0.39, 0.29) is 30.8 Å². The van der Waals surface area contributed by atoms with Crippen molar-refractivity contribution in [1.29, 1.82) is 0 Å². The van der Waals surface area contributed by atoms with Crippen LogP contribution in [0, 0.1) is 12.8 Å². The Kier molecular flexibility index (Phi) is 7.46. The van der Waals surface area contributed by atoms with E-state index in [0.29, 0.717) is 30.4 Å². The van der Waals surface area contributed by atoms with E-state index in [0.717, 1.165) is 31.4 Å². The standard InChI is InChI=1S/C18H27N3O3S.ClH/c1-14-6-8-17(9-7-14)25(23,24)21-11-3-4-15(13-21)18(22)20-12-16-5-2-10-19-16;/h6-9,15-16,19H,2-5,10-13H2,1H3,(H,20,22);1H. The number of benzene rings is 1. The number of piperidine rings is 1. The van der Waals surface area contributed by atoms with Gasteiger partial charge in [-0.1, -0.05) is 17.7 Å². The van der Waals surface area contributed by atoms with Crippen LogP contribution >= 0.6 is 12.4 Å². The number of amides is 1. The molecule has 0 bridgehead atoms. The maximum absolute atomic E-state index is 12.8. The van der Waals surface area contributed by atoms with Crippen LogP contribution in [0.15, 0.2) is 29.2 Å². The first-order valence-corrected chi connectivity index (χ1v) is 10.5. The highest BCUT2D eigenvalue weighted by molar-refractivity contribution is 7.89. The van der Waals surface area contributed by atoms with E-state index >= 15 is 0 Å². The van der Waals surface area contributed by atoms with Crippen LogP contribution in [-0.4, -0.2) is 50.9 Å². The fourth-order valence-corrected chi connectivity index (χ4v) is 5.06. The Morgan fingerprint density at radius 1 is 1.23 bits per heavy atom. The maximum Gasteiger partial charge on any atom is 0.243 e. The van der Waals surface area contributed by atoms with Gasteiger partial charge in [0.05, 0.1) is 10.8 Å². The van der Waals surface area contributed by atoms with Gasteiger partial charge in [0.25, 0.3) is 0 Å². The van der Waals surface area contributed by atoms with Crippen molar-refractivity contribution in [3.05, 3.63) is 29.8 Å².